The first-order chi connectivity index (χ1) is 8.14. The lowest BCUT2D eigenvalue weighted by molar-refractivity contribution is 0.123. The highest BCUT2D eigenvalue weighted by Gasteiger charge is 2.36. The van der Waals surface area contributed by atoms with E-state index in [0.29, 0.717) is 6.54 Å². The zero-order chi connectivity index (χ0) is 13.1. The molecule has 0 fully saturated rings. The third-order valence-electron chi connectivity index (χ3n) is 2.71. The van der Waals surface area contributed by atoms with Gasteiger partial charge in [0.05, 0.1) is 0 Å². The molecular weight excluding hydrogens is 238 g/mol. The highest BCUT2D eigenvalue weighted by Crippen LogP contribution is 2.14. The molecule has 0 rings (SSSR count). The molecular formula is C10H27N3O3Si. The van der Waals surface area contributed by atoms with Gasteiger partial charge >= 0.3 is 8.80 Å². The Morgan fingerprint density at radius 3 is 2.24 bits per heavy atom. The number of hydrogen-bond donors (Lipinski definition) is 3. The molecule has 0 aliphatic heterocycles. The van der Waals surface area contributed by atoms with Gasteiger partial charge in [0.25, 0.3) is 0 Å². The lowest BCUT2D eigenvalue weighted by Crippen LogP contribution is -2.43. The minimum atomic E-state index is -2.40. The van der Waals surface area contributed by atoms with E-state index >= 15 is 0 Å². The van der Waals surface area contributed by atoms with Gasteiger partial charge in [-0.1, -0.05) is 0 Å². The van der Waals surface area contributed by atoms with Crippen molar-refractivity contribution in [1.82, 2.24) is 5.32 Å². The van der Waals surface area contributed by atoms with Crippen LogP contribution in [0.1, 0.15) is 12.8 Å². The van der Waals surface area contributed by atoms with E-state index in [0.717, 1.165) is 32.0 Å². The maximum absolute atomic E-state index is 5.82. The van der Waals surface area contributed by atoms with Crippen LogP contribution in [0, 0.1) is 0 Å². The minimum Gasteiger partial charge on any atom is -0.377 e. The fraction of sp³-hybridized carbons (Fsp3) is 1.00. The van der Waals surface area contributed by atoms with Gasteiger partial charge in [0.1, 0.15) is 0 Å². The van der Waals surface area contributed by atoms with Crippen molar-refractivity contribution in [2.24, 2.45) is 11.5 Å². The molecule has 0 aliphatic rings. The van der Waals surface area contributed by atoms with E-state index in [9.17, 15) is 0 Å². The average Bonchev–Trinajstić information content (AvgIpc) is 2.35. The first-order valence-corrected chi connectivity index (χ1v) is 7.89. The first-order valence-electron chi connectivity index (χ1n) is 5.96. The molecule has 0 aromatic carbocycles. The second-order valence-electron chi connectivity index (χ2n) is 3.94. The Balaban J connectivity index is 3.62. The van der Waals surface area contributed by atoms with Crippen LogP contribution in [0.2, 0.25) is 6.04 Å². The summed E-state index contributed by atoms with van der Waals surface area (Å²) in [6.07, 6.45) is 1.79. The summed E-state index contributed by atoms with van der Waals surface area (Å²) in [6, 6.07) is 0.935. The molecule has 104 valence electrons. The molecule has 0 heterocycles. The van der Waals surface area contributed by atoms with Gasteiger partial charge in [0.15, 0.2) is 0 Å². The monoisotopic (exact) mass is 265 g/mol. The highest BCUT2D eigenvalue weighted by molar-refractivity contribution is 6.60. The van der Waals surface area contributed by atoms with Gasteiger partial charge in [0, 0.05) is 40.0 Å². The second-order valence-corrected chi connectivity index (χ2v) is 7.03. The fourth-order valence-corrected chi connectivity index (χ4v) is 3.31. The molecule has 5 N–H and O–H groups in total. The van der Waals surface area contributed by atoms with Gasteiger partial charge in [-0.3, -0.25) is 0 Å². The first kappa shape index (κ1) is 17.0. The van der Waals surface area contributed by atoms with Crippen LogP contribution in [-0.4, -0.2) is 55.8 Å². The third-order valence-corrected chi connectivity index (χ3v) is 5.55. The molecule has 0 saturated carbocycles. The summed E-state index contributed by atoms with van der Waals surface area (Å²) in [6.45, 7) is 2.30. The van der Waals surface area contributed by atoms with Crippen LogP contribution in [0.4, 0.5) is 0 Å². The van der Waals surface area contributed by atoms with Gasteiger partial charge in [0.2, 0.25) is 0 Å². The van der Waals surface area contributed by atoms with E-state index in [1.165, 1.54) is 0 Å². The van der Waals surface area contributed by atoms with E-state index in [4.69, 9.17) is 24.7 Å². The van der Waals surface area contributed by atoms with Gasteiger partial charge in [-0.2, -0.15) is 0 Å². The summed E-state index contributed by atoms with van der Waals surface area (Å²) in [5.41, 5.74) is 11.2. The Morgan fingerprint density at radius 2 is 1.76 bits per heavy atom. The Hall–Kier alpha value is -0.0231. The molecule has 1 atom stereocenters. The third kappa shape index (κ3) is 7.09. The SMILES string of the molecule is CO[Si](CCCNCC(N)CCN)(OC)OC. The molecule has 0 aliphatic carbocycles. The molecule has 6 nitrogen and oxygen atoms in total. The predicted octanol–water partition coefficient (Wildman–Crippen LogP) is -0.480. The Kier molecular flexibility index (Phi) is 9.94. The van der Waals surface area contributed by atoms with Crippen molar-refractivity contribution in [2.45, 2.75) is 24.9 Å². The number of nitrogens with one attached hydrogen (secondary N) is 1. The molecule has 0 spiro atoms. The lowest BCUT2D eigenvalue weighted by Gasteiger charge is -2.24. The molecule has 0 saturated heterocycles. The van der Waals surface area contributed by atoms with E-state index in [2.05, 4.69) is 5.32 Å². The van der Waals surface area contributed by atoms with E-state index in [1.54, 1.807) is 21.3 Å². The molecule has 0 aromatic rings. The van der Waals surface area contributed by atoms with Crippen molar-refractivity contribution >= 4 is 8.80 Å². The van der Waals surface area contributed by atoms with Crippen LogP contribution in [0.5, 0.6) is 0 Å². The molecule has 17 heavy (non-hydrogen) atoms. The van der Waals surface area contributed by atoms with E-state index in [1.807, 2.05) is 0 Å². The molecule has 1 unspecified atom stereocenters. The van der Waals surface area contributed by atoms with Crippen LogP contribution in [0.15, 0.2) is 0 Å². The summed E-state index contributed by atoms with van der Waals surface area (Å²) in [5.74, 6) is 0. The number of nitrogens with two attached hydrogens (primary N) is 2. The largest absolute Gasteiger partial charge is 0.500 e. The smallest absolute Gasteiger partial charge is 0.377 e. The Bertz CT molecular complexity index is 174. The zero-order valence-corrected chi connectivity index (χ0v) is 12.2. The quantitative estimate of drug-likeness (QED) is 0.345. The summed E-state index contributed by atoms with van der Waals surface area (Å²) in [7, 11) is 2.49. The molecule has 7 heteroatoms. The minimum absolute atomic E-state index is 0.134. The van der Waals surface area contributed by atoms with Crippen molar-refractivity contribution in [2.75, 3.05) is 41.0 Å². The predicted molar refractivity (Wildman–Crippen MR) is 70.7 cm³/mol. The van der Waals surface area contributed by atoms with Crippen LogP contribution in [0.3, 0.4) is 0 Å². The maximum atomic E-state index is 5.82. The normalized spacial score (nSPS) is 13.9. The molecule has 0 radical (unpaired) electrons. The molecule has 0 amide bonds. The van der Waals surface area contributed by atoms with Crippen molar-refractivity contribution < 1.29 is 13.3 Å². The van der Waals surface area contributed by atoms with Gasteiger partial charge < -0.3 is 30.1 Å². The van der Waals surface area contributed by atoms with Crippen molar-refractivity contribution in [3.63, 3.8) is 0 Å². The molecule has 0 aromatic heterocycles. The Labute approximate surface area is 105 Å². The summed E-state index contributed by atoms with van der Waals surface area (Å²) >= 11 is 0. The zero-order valence-electron chi connectivity index (χ0n) is 11.2. The fourth-order valence-electron chi connectivity index (χ4n) is 1.59. The number of rotatable bonds is 11. The van der Waals surface area contributed by atoms with Crippen LogP contribution < -0.4 is 16.8 Å². The van der Waals surface area contributed by atoms with Crippen LogP contribution >= 0.6 is 0 Å². The maximum Gasteiger partial charge on any atom is 0.500 e. The highest BCUT2D eigenvalue weighted by atomic mass is 28.4. The second kappa shape index (κ2) is 9.95. The van der Waals surface area contributed by atoms with Crippen molar-refractivity contribution in [1.29, 1.82) is 0 Å². The topological polar surface area (TPSA) is 91.8 Å². The Morgan fingerprint density at radius 1 is 1.18 bits per heavy atom. The van der Waals surface area contributed by atoms with Crippen molar-refractivity contribution in [3.05, 3.63) is 0 Å². The van der Waals surface area contributed by atoms with Gasteiger partial charge in [-0.25, -0.2) is 0 Å². The van der Waals surface area contributed by atoms with E-state index < -0.39 is 8.80 Å². The van der Waals surface area contributed by atoms with Crippen molar-refractivity contribution in [3.8, 4) is 0 Å². The van der Waals surface area contributed by atoms with Gasteiger partial charge in [-0.05, 0) is 25.9 Å². The summed E-state index contributed by atoms with van der Waals surface area (Å²) in [4.78, 5) is 0. The van der Waals surface area contributed by atoms with E-state index in [-0.39, 0.29) is 6.04 Å². The average molecular weight is 265 g/mol. The summed E-state index contributed by atoms with van der Waals surface area (Å²) < 4.78 is 16.0. The van der Waals surface area contributed by atoms with Crippen LogP contribution in [0.25, 0.3) is 0 Å². The molecule has 0 bridgehead atoms. The van der Waals surface area contributed by atoms with Crippen LogP contribution in [-0.2, 0) is 13.3 Å². The summed E-state index contributed by atoms with van der Waals surface area (Å²) in [5, 5.41) is 3.29. The van der Waals surface area contributed by atoms with Gasteiger partial charge in [-0.15, -0.1) is 0 Å². The lowest BCUT2D eigenvalue weighted by atomic mass is 10.2. The number of hydrogen-bond acceptors (Lipinski definition) is 6. The standard InChI is InChI=1S/C10H27N3O3Si/c1-14-17(15-2,16-3)8-4-7-13-9-10(12)5-6-11/h10,13H,4-9,11-12H2,1-3H3.